The molecule has 24 heavy (non-hydrogen) atoms. The van der Waals surface area contributed by atoms with Gasteiger partial charge >= 0.3 is 47.5 Å². The van der Waals surface area contributed by atoms with Gasteiger partial charge in [0, 0.05) is 0 Å². The molecule has 0 aromatic rings. The third kappa shape index (κ3) is 37.3. The van der Waals surface area contributed by atoms with Gasteiger partial charge in [-0.25, -0.2) is 4.79 Å². The molecule has 0 bridgehead atoms. The zero-order valence-electron chi connectivity index (χ0n) is 11.4. The van der Waals surface area contributed by atoms with Crippen LogP contribution in [0.25, 0.3) is 0 Å². The maximum absolute atomic E-state index is 10.3. The second-order valence-electron chi connectivity index (χ2n) is 2.48. The number of rotatable bonds is 5. The van der Waals surface area contributed by atoms with Gasteiger partial charge in [-0.05, 0) is 0 Å². The van der Waals surface area contributed by atoms with Crippen molar-refractivity contribution in [1.82, 2.24) is 0 Å². The predicted octanol–water partition coefficient (Wildman–Crippen LogP) is -10.1. The van der Waals surface area contributed by atoms with Gasteiger partial charge in [0.2, 0.25) is 0 Å². The fourth-order valence-corrected chi connectivity index (χ4v) is 0.714. The van der Waals surface area contributed by atoms with E-state index in [2.05, 4.69) is 0 Å². The van der Waals surface area contributed by atoms with Gasteiger partial charge in [-0.3, -0.25) is 9.59 Å². The zero-order chi connectivity index (χ0) is 10.6. The summed E-state index contributed by atoms with van der Waals surface area (Å²) in [7, 11) is 0. The first kappa shape index (κ1) is 92.1. The van der Waals surface area contributed by atoms with E-state index >= 15 is 0 Å². The van der Waals surface area contributed by atoms with Crippen LogP contribution in [0.5, 0.6) is 0 Å². The number of aliphatic hydroxyl groups is 1. The van der Waals surface area contributed by atoms with Gasteiger partial charge in [0.1, 0.15) is 0 Å². The van der Waals surface area contributed by atoms with E-state index in [0.29, 0.717) is 0 Å². The van der Waals surface area contributed by atoms with E-state index in [-0.39, 0.29) is 84.3 Å². The van der Waals surface area contributed by atoms with Gasteiger partial charge in [0.15, 0.2) is 5.60 Å². The van der Waals surface area contributed by atoms with Crippen LogP contribution in [0.4, 0.5) is 0 Å². The van der Waals surface area contributed by atoms with Crippen LogP contribution in [0.15, 0.2) is 0 Å². The summed E-state index contributed by atoms with van der Waals surface area (Å²) in [6, 6.07) is 0. The molecule has 0 atom stereocenters. The Bertz CT molecular complexity index is 239. The van der Waals surface area contributed by atoms with E-state index in [0.717, 1.165) is 0 Å². The molecule has 0 fully saturated rings. The first-order valence-electron chi connectivity index (χ1n) is 3.17. The van der Waals surface area contributed by atoms with Crippen molar-refractivity contribution < 1.29 is 89.6 Å². The van der Waals surface area contributed by atoms with Gasteiger partial charge in [0.25, 0.3) is 0 Å². The van der Waals surface area contributed by atoms with Crippen LogP contribution in [0.1, 0.15) is 12.8 Å². The molecule has 24 N–H and O–H groups in total. The summed E-state index contributed by atoms with van der Waals surface area (Å²) in [5, 5.41) is 33.8. The normalized spacial score (nSPS) is 5.88. The molecule has 0 saturated carbocycles. The van der Waals surface area contributed by atoms with E-state index in [4.69, 9.17) is 20.4 Å². The van der Waals surface area contributed by atoms with E-state index < -0.39 is 36.4 Å². The van der Waals surface area contributed by atoms with Crippen molar-refractivity contribution in [1.29, 1.82) is 0 Å². The monoisotopic (exact) mass is 396 g/mol. The second-order valence-corrected chi connectivity index (χ2v) is 2.48. The molecule has 0 aliphatic carbocycles. The molecule has 0 radical (unpaired) electrons. The SMILES string of the molecule is O.O.O.O.O.O.O.O.O.O.O=C(O)CC(O)(CC(=O)O)C(=O)O.[NaH]. The van der Waals surface area contributed by atoms with Gasteiger partial charge in [0.05, 0.1) is 12.8 Å². The fourth-order valence-electron chi connectivity index (χ4n) is 0.714. The van der Waals surface area contributed by atoms with E-state index in [9.17, 15) is 14.4 Å². The van der Waals surface area contributed by atoms with Crippen LogP contribution in [-0.2, 0) is 14.4 Å². The van der Waals surface area contributed by atoms with Crippen molar-refractivity contribution in [2.75, 3.05) is 0 Å². The molecule has 0 aromatic carbocycles. The number of carbonyl (C=O) groups is 3. The van der Waals surface area contributed by atoms with Crippen LogP contribution in [-0.4, -0.2) is 128 Å². The minimum absolute atomic E-state index is 0. The average Bonchev–Trinajstić information content (AvgIpc) is 1.82. The molecular weight excluding hydrogens is 367 g/mol. The number of carboxylic acid groups (broad SMARTS) is 3. The van der Waals surface area contributed by atoms with Crippen LogP contribution in [0.2, 0.25) is 0 Å². The molecule has 0 heterocycles. The summed E-state index contributed by atoms with van der Waals surface area (Å²) in [6.45, 7) is 0. The molecular formula is C6H29NaO17. The van der Waals surface area contributed by atoms with Gasteiger partial charge in [-0.1, -0.05) is 0 Å². The van der Waals surface area contributed by atoms with Crippen LogP contribution < -0.4 is 0 Å². The molecule has 0 unspecified atom stereocenters. The maximum atomic E-state index is 10.3. The third-order valence-electron chi connectivity index (χ3n) is 1.29. The Hall–Kier alpha value is -1.03. The molecule has 156 valence electrons. The van der Waals surface area contributed by atoms with E-state index in [1.165, 1.54) is 0 Å². The van der Waals surface area contributed by atoms with Crippen molar-refractivity contribution in [2.45, 2.75) is 18.4 Å². The molecule has 0 rings (SSSR count). The topological polar surface area (TPSA) is 447 Å². The Morgan fingerprint density at radius 1 is 0.583 bits per heavy atom. The van der Waals surface area contributed by atoms with E-state index in [1.807, 2.05) is 0 Å². The summed E-state index contributed by atoms with van der Waals surface area (Å²) < 4.78 is 0. The van der Waals surface area contributed by atoms with Crippen molar-refractivity contribution in [3.05, 3.63) is 0 Å². The zero-order valence-corrected chi connectivity index (χ0v) is 11.4. The Morgan fingerprint density at radius 2 is 0.750 bits per heavy atom. The number of hydrogen-bond donors (Lipinski definition) is 4. The Morgan fingerprint density at radius 3 is 0.833 bits per heavy atom. The summed E-state index contributed by atoms with van der Waals surface area (Å²) in [5.74, 6) is -5.02. The Balaban J connectivity index is -0.0000000131. The molecule has 0 amide bonds. The summed E-state index contributed by atoms with van der Waals surface area (Å²) >= 11 is 0. The van der Waals surface area contributed by atoms with Crippen LogP contribution in [0.3, 0.4) is 0 Å². The summed E-state index contributed by atoms with van der Waals surface area (Å²) in [6.07, 6.45) is -2.29. The molecule has 0 aliphatic rings. The van der Waals surface area contributed by atoms with Gasteiger partial charge < -0.3 is 75.2 Å². The quantitative estimate of drug-likeness (QED) is 0.324. The van der Waals surface area contributed by atoms with Crippen LogP contribution >= 0.6 is 0 Å². The number of aliphatic carboxylic acids is 3. The van der Waals surface area contributed by atoms with Crippen molar-refractivity contribution in [3.63, 3.8) is 0 Å². The standard InChI is InChI=1S/C6H8O7.Na.10H2O.H/c7-3(8)1-6(13,5(11)12)2-4(9)10;;;;;;;;;;;;/h13H,1-2H2,(H,7,8)(H,9,10)(H,11,12);;10*1H2;. The van der Waals surface area contributed by atoms with E-state index in [1.54, 1.807) is 0 Å². The van der Waals surface area contributed by atoms with Crippen molar-refractivity contribution in [2.24, 2.45) is 0 Å². The van der Waals surface area contributed by atoms with Gasteiger partial charge in [-0.15, -0.1) is 0 Å². The predicted molar refractivity (Wildman–Crippen MR) is 80.4 cm³/mol. The minimum atomic E-state index is -2.74. The molecule has 18 heteroatoms. The fraction of sp³-hybridized carbons (Fsp3) is 0.500. The Kier molecular flexibility index (Phi) is 145. The molecule has 0 aliphatic heterocycles. The van der Waals surface area contributed by atoms with Crippen molar-refractivity contribution >= 4 is 47.5 Å². The Labute approximate surface area is 155 Å². The summed E-state index contributed by atoms with van der Waals surface area (Å²) in [5.41, 5.74) is -2.74. The average molecular weight is 396 g/mol. The molecule has 0 spiro atoms. The molecule has 0 saturated heterocycles. The molecule has 0 aromatic heterocycles. The first-order chi connectivity index (χ1) is 5.78. The number of hydrogen-bond acceptors (Lipinski definition) is 4. The third-order valence-corrected chi connectivity index (χ3v) is 1.29. The number of carboxylic acids is 3. The molecule has 17 nitrogen and oxygen atoms in total. The second kappa shape index (κ2) is 37.9. The van der Waals surface area contributed by atoms with Gasteiger partial charge in [-0.2, -0.15) is 0 Å². The van der Waals surface area contributed by atoms with Crippen molar-refractivity contribution in [3.8, 4) is 0 Å². The first-order valence-corrected chi connectivity index (χ1v) is 3.17. The summed E-state index contributed by atoms with van der Waals surface area (Å²) in [4.78, 5) is 30.5. The van der Waals surface area contributed by atoms with Crippen LogP contribution in [0, 0.1) is 0 Å².